The maximum atomic E-state index is 13.1. The number of hydrogen-bond acceptors (Lipinski definition) is 5. The van der Waals surface area contributed by atoms with Crippen molar-refractivity contribution in [2.24, 2.45) is 0 Å². The van der Waals surface area contributed by atoms with Crippen molar-refractivity contribution in [1.82, 2.24) is 9.55 Å². The van der Waals surface area contributed by atoms with E-state index in [4.69, 9.17) is 4.74 Å². The van der Waals surface area contributed by atoms with E-state index in [9.17, 15) is 14.7 Å². The van der Waals surface area contributed by atoms with Crippen molar-refractivity contribution in [3.05, 3.63) is 101 Å². The first kappa shape index (κ1) is 17.3. The highest BCUT2D eigenvalue weighted by Crippen LogP contribution is 2.42. The average molecular weight is 384 g/mol. The SMILES string of the molecule is O=C(C[C@]1(O)c2ccccc2-n2c1nc1ccccc1c2=O)Oc1ccccc1. The number of carbonyl (C=O) groups is 1. The lowest BCUT2D eigenvalue weighted by Gasteiger charge is -2.22. The minimum atomic E-state index is -1.77. The van der Waals surface area contributed by atoms with Crippen LogP contribution in [0.25, 0.3) is 16.6 Å². The van der Waals surface area contributed by atoms with Crippen molar-refractivity contribution in [3.63, 3.8) is 0 Å². The second-order valence-electron chi connectivity index (χ2n) is 6.93. The number of fused-ring (bicyclic) bond motifs is 4. The largest absolute Gasteiger partial charge is 0.426 e. The number of para-hydroxylation sites is 3. The van der Waals surface area contributed by atoms with Crippen molar-refractivity contribution in [2.45, 2.75) is 12.0 Å². The zero-order chi connectivity index (χ0) is 20.0. The van der Waals surface area contributed by atoms with Gasteiger partial charge in [0.1, 0.15) is 5.75 Å². The predicted octanol–water partition coefficient (Wildman–Crippen LogP) is 2.93. The van der Waals surface area contributed by atoms with Crippen molar-refractivity contribution < 1.29 is 14.6 Å². The van der Waals surface area contributed by atoms with Gasteiger partial charge >= 0.3 is 5.97 Å². The Labute approximate surface area is 165 Å². The second kappa shape index (κ2) is 6.39. The molecule has 4 aromatic rings. The van der Waals surface area contributed by atoms with Crippen LogP contribution in [0.3, 0.4) is 0 Å². The molecule has 0 unspecified atom stereocenters. The maximum Gasteiger partial charge on any atom is 0.314 e. The summed E-state index contributed by atoms with van der Waals surface area (Å²) in [5.41, 5.74) is -0.631. The summed E-state index contributed by atoms with van der Waals surface area (Å²) in [7, 11) is 0. The van der Waals surface area contributed by atoms with E-state index in [1.807, 2.05) is 6.07 Å². The number of benzene rings is 3. The molecule has 1 atom stereocenters. The molecule has 1 aliphatic heterocycles. The third-order valence-corrected chi connectivity index (χ3v) is 5.11. The van der Waals surface area contributed by atoms with Crippen LogP contribution >= 0.6 is 0 Å². The summed E-state index contributed by atoms with van der Waals surface area (Å²) in [5, 5.41) is 12.1. The fourth-order valence-electron chi connectivity index (χ4n) is 3.81. The normalized spacial score (nSPS) is 17.0. The smallest absolute Gasteiger partial charge is 0.314 e. The fourth-order valence-corrected chi connectivity index (χ4v) is 3.81. The van der Waals surface area contributed by atoms with Crippen LogP contribution in [0.2, 0.25) is 0 Å². The summed E-state index contributed by atoms with van der Waals surface area (Å²) < 4.78 is 6.76. The zero-order valence-corrected chi connectivity index (χ0v) is 15.3. The molecule has 5 rings (SSSR count). The maximum absolute atomic E-state index is 13.1. The summed E-state index contributed by atoms with van der Waals surface area (Å²) in [6.07, 6.45) is -0.371. The Morgan fingerprint density at radius 3 is 2.48 bits per heavy atom. The first-order valence-corrected chi connectivity index (χ1v) is 9.18. The third-order valence-electron chi connectivity index (χ3n) is 5.11. The lowest BCUT2D eigenvalue weighted by molar-refractivity contribution is -0.138. The number of nitrogens with zero attached hydrogens (tertiary/aromatic N) is 2. The van der Waals surface area contributed by atoms with Gasteiger partial charge in [-0.2, -0.15) is 0 Å². The molecule has 1 N–H and O–H groups in total. The molecule has 0 bridgehead atoms. The van der Waals surface area contributed by atoms with E-state index in [0.717, 1.165) is 0 Å². The van der Waals surface area contributed by atoms with Gasteiger partial charge in [-0.15, -0.1) is 0 Å². The van der Waals surface area contributed by atoms with Gasteiger partial charge in [-0.3, -0.25) is 14.2 Å². The van der Waals surface area contributed by atoms with Crippen LogP contribution in [0.1, 0.15) is 17.8 Å². The summed E-state index contributed by atoms with van der Waals surface area (Å²) in [6.45, 7) is 0. The molecule has 0 saturated heterocycles. The molecule has 1 aliphatic rings. The van der Waals surface area contributed by atoms with Gasteiger partial charge < -0.3 is 9.84 Å². The van der Waals surface area contributed by atoms with E-state index in [2.05, 4.69) is 4.98 Å². The Morgan fingerprint density at radius 2 is 1.66 bits per heavy atom. The molecule has 142 valence electrons. The third kappa shape index (κ3) is 2.65. The van der Waals surface area contributed by atoms with Crippen molar-refractivity contribution in [2.75, 3.05) is 0 Å². The van der Waals surface area contributed by atoms with Gasteiger partial charge in [0.15, 0.2) is 11.4 Å². The number of hydrogen-bond donors (Lipinski definition) is 1. The molecule has 0 aliphatic carbocycles. The standard InChI is InChI=1S/C23H16N2O4/c26-20(29-15-8-2-1-3-9-15)14-23(28)17-11-5-7-13-19(17)25-21(27)16-10-4-6-12-18(16)24-22(23)25/h1-13,28H,14H2/t23-/m0/s1. The minimum Gasteiger partial charge on any atom is -0.426 e. The molecule has 1 aromatic heterocycles. The number of rotatable bonds is 3. The van der Waals surface area contributed by atoms with Gasteiger partial charge in [0, 0.05) is 5.56 Å². The van der Waals surface area contributed by atoms with E-state index < -0.39 is 11.6 Å². The van der Waals surface area contributed by atoms with Gasteiger partial charge in [-0.25, -0.2) is 4.98 Å². The molecule has 6 heteroatoms. The highest BCUT2D eigenvalue weighted by molar-refractivity contribution is 5.80. The molecular formula is C23H16N2O4. The molecule has 0 spiro atoms. The van der Waals surface area contributed by atoms with E-state index in [1.54, 1.807) is 72.8 Å². The quantitative estimate of drug-likeness (QED) is 0.434. The Morgan fingerprint density at radius 1 is 0.966 bits per heavy atom. The van der Waals surface area contributed by atoms with Gasteiger partial charge in [-0.05, 0) is 30.3 Å². The van der Waals surface area contributed by atoms with Crippen molar-refractivity contribution in [3.8, 4) is 11.4 Å². The van der Waals surface area contributed by atoms with E-state index in [1.165, 1.54) is 4.57 Å². The Balaban J connectivity index is 1.66. The summed E-state index contributed by atoms with van der Waals surface area (Å²) >= 11 is 0. The molecule has 0 amide bonds. The molecule has 0 saturated carbocycles. The first-order chi connectivity index (χ1) is 14.1. The molecule has 6 nitrogen and oxygen atoms in total. The highest BCUT2D eigenvalue weighted by atomic mass is 16.5. The van der Waals surface area contributed by atoms with Crippen LogP contribution in [-0.4, -0.2) is 20.6 Å². The monoisotopic (exact) mass is 384 g/mol. The van der Waals surface area contributed by atoms with E-state index in [0.29, 0.717) is 27.9 Å². The molecule has 3 aromatic carbocycles. The summed E-state index contributed by atoms with van der Waals surface area (Å²) in [6, 6.07) is 22.6. The topological polar surface area (TPSA) is 81.4 Å². The van der Waals surface area contributed by atoms with Crippen LogP contribution in [-0.2, 0) is 10.4 Å². The van der Waals surface area contributed by atoms with Crippen LogP contribution in [0.5, 0.6) is 5.75 Å². The number of ether oxygens (including phenoxy) is 1. The lowest BCUT2D eigenvalue weighted by atomic mass is 9.91. The Bertz CT molecular complexity index is 1310. The Hall–Kier alpha value is -3.77. The lowest BCUT2D eigenvalue weighted by Crippen LogP contribution is -2.33. The predicted molar refractivity (Wildman–Crippen MR) is 107 cm³/mol. The molecular weight excluding hydrogens is 368 g/mol. The molecule has 29 heavy (non-hydrogen) atoms. The second-order valence-corrected chi connectivity index (χ2v) is 6.93. The molecule has 0 fully saturated rings. The van der Waals surface area contributed by atoms with Gasteiger partial charge in [-0.1, -0.05) is 48.5 Å². The number of esters is 1. The fraction of sp³-hybridized carbons (Fsp3) is 0.0870. The van der Waals surface area contributed by atoms with Crippen molar-refractivity contribution >= 4 is 16.9 Å². The number of aromatic nitrogens is 2. The van der Waals surface area contributed by atoms with Crippen LogP contribution in [0, 0.1) is 0 Å². The summed E-state index contributed by atoms with van der Waals surface area (Å²) in [4.78, 5) is 30.3. The van der Waals surface area contributed by atoms with Gasteiger partial charge in [0.05, 0.1) is 23.0 Å². The van der Waals surface area contributed by atoms with Crippen LogP contribution in [0.4, 0.5) is 0 Å². The van der Waals surface area contributed by atoms with Crippen LogP contribution < -0.4 is 10.3 Å². The first-order valence-electron chi connectivity index (χ1n) is 9.18. The van der Waals surface area contributed by atoms with Gasteiger partial charge in [0.25, 0.3) is 5.56 Å². The zero-order valence-electron chi connectivity index (χ0n) is 15.3. The molecule has 2 heterocycles. The Kier molecular flexibility index (Phi) is 3.82. The summed E-state index contributed by atoms with van der Waals surface area (Å²) in [5.74, 6) is -0.118. The number of carbonyl (C=O) groups excluding carboxylic acids is 1. The average Bonchev–Trinajstić information content (AvgIpc) is 2.98. The van der Waals surface area contributed by atoms with E-state index >= 15 is 0 Å². The molecule has 0 radical (unpaired) electrons. The van der Waals surface area contributed by atoms with E-state index in [-0.39, 0.29) is 17.8 Å². The van der Waals surface area contributed by atoms with Crippen molar-refractivity contribution in [1.29, 1.82) is 0 Å². The van der Waals surface area contributed by atoms with Crippen LogP contribution in [0.15, 0.2) is 83.7 Å². The minimum absolute atomic E-state index is 0.118. The number of aliphatic hydroxyl groups is 1. The van der Waals surface area contributed by atoms with Gasteiger partial charge in [0.2, 0.25) is 0 Å². The highest BCUT2D eigenvalue weighted by Gasteiger charge is 2.46.